The first-order valence-corrected chi connectivity index (χ1v) is 11.2. The van der Waals surface area contributed by atoms with Crippen molar-refractivity contribution >= 4 is 17.6 Å². The summed E-state index contributed by atoms with van der Waals surface area (Å²) in [6.45, 7) is 0. The Morgan fingerprint density at radius 1 is 0.909 bits per heavy atom. The SMILES string of the molecule is COc1cc(C=Nc2ccc([C@@H]3Nc4ccccc4[C@H]4C=CC[C@@H]43)cc2)cc(OC)c1OC. The van der Waals surface area contributed by atoms with Crippen molar-refractivity contribution in [3.05, 3.63) is 89.5 Å². The molecule has 33 heavy (non-hydrogen) atoms. The molecule has 168 valence electrons. The Balaban J connectivity index is 1.37. The van der Waals surface area contributed by atoms with Crippen LogP contribution in [0, 0.1) is 5.92 Å². The molecule has 1 heterocycles. The van der Waals surface area contributed by atoms with Gasteiger partial charge in [0.2, 0.25) is 5.75 Å². The molecule has 0 saturated heterocycles. The van der Waals surface area contributed by atoms with E-state index in [1.165, 1.54) is 16.8 Å². The van der Waals surface area contributed by atoms with Gasteiger partial charge >= 0.3 is 0 Å². The van der Waals surface area contributed by atoms with Crippen LogP contribution >= 0.6 is 0 Å². The van der Waals surface area contributed by atoms with Crippen LogP contribution in [0.5, 0.6) is 17.2 Å². The molecule has 5 nitrogen and oxygen atoms in total. The van der Waals surface area contributed by atoms with Gasteiger partial charge in [-0.05, 0) is 53.8 Å². The highest BCUT2D eigenvalue weighted by molar-refractivity contribution is 5.84. The Bertz CT molecular complexity index is 1180. The number of allylic oxidation sites excluding steroid dienone is 2. The summed E-state index contributed by atoms with van der Waals surface area (Å²) in [5, 5.41) is 3.78. The maximum absolute atomic E-state index is 5.43. The number of fused-ring (bicyclic) bond motifs is 3. The number of hydrogen-bond donors (Lipinski definition) is 1. The second-order valence-electron chi connectivity index (χ2n) is 8.37. The van der Waals surface area contributed by atoms with E-state index in [2.05, 4.69) is 71.0 Å². The van der Waals surface area contributed by atoms with Crippen LogP contribution in [-0.4, -0.2) is 27.5 Å². The molecule has 3 aromatic rings. The maximum Gasteiger partial charge on any atom is 0.203 e. The standard InChI is InChI=1S/C28H28N2O3/c1-31-25-15-18(16-26(32-2)28(25)33-3)17-29-20-13-11-19(12-14-20)27-23-9-6-8-21(23)22-7-4-5-10-24(22)30-27/h4-8,10-17,21,23,27,30H,9H2,1-3H3/t21-,23+,27+/m1/s1. The van der Waals surface area contributed by atoms with E-state index in [0.717, 1.165) is 17.7 Å². The largest absolute Gasteiger partial charge is 0.493 e. The number of nitrogens with one attached hydrogen (secondary N) is 1. The topological polar surface area (TPSA) is 52.1 Å². The second-order valence-corrected chi connectivity index (χ2v) is 8.37. The van der Waals surface area contributed by atoms with Crippen LogP contribution in [-0.2, 0) is 0 Å². The van der Waals surface area contributed by atoms with E-state index in [4.69, 9.17) is 14.2 Å². The van der Waals surface area contributed by atoms with Gasteiger partial charge in [-0.3, -0.25) is 4.99 Å². The lowest BCUT2D eigenvalue weighted by molar-refractivity contribution is 0.324. The van der Waals surface area contributed by atoms with E-state index in [1.807, 2.05) is 18.3 Å². The third-order valence-corrected chi connectivity index (χ3v) is 6.57. The van der Waals surface area contributed by atoms with E-state index in [9.17, 15) is 0 Å². The van der Waals surface area contributed by atoms with Crippen LogP contribution in [0.3, 0.4) is 0 Å². The van der Waals surface area contributed by atoms with Crippen LogP contribution in [0.2, 0.25) is 0 Å². The number of hydrogen-bond acceptors (Lipinski definition) is 5. The van der Waals surface area contributed by atoms with Crippen LogP contribution in [0.1, 0.15) is 35.1 Å². The molecule has 1 aliphatic carbocycles. The summed E-state index contributed by atoms with van der Waals surface area (Å²) in [4.78, 5) is 4.66. The number of anilines is 1. The summed E-state index contributed by atoms with van der Waals surface area (Å²) in [5.41, 5.74) is 5.69. The van der Waals surface area contributed by atoms with E-state index >= 15 is 0 Å². The van der Waals surface area contributed by atoms with Crippen molar-refractivity contribution in [2.24, 2.45) is 10.9 Å². The van der Waals surface area contributed by atoms with Crippen molar-refractivity contribution in [3.63, 3.8) is 0 Å². The molecule has 1 N–H and O–H groups in total. The quantitative estimate of drug-likeness (QED) is 0.362. The summed E-state index contributed by atoms with van der Waals surface area (Å²) >= 11 is 0. The van der Waals surface area contributed by atoms with Gasteiger partial charge in [0.1, 0.15) is 0 Å². The van der Waals surface area contributed by atoms with Crippen molar-refractivity contribution in [1.29, 1.82) is 0 Å². The summed E-state index contributed by atoms with van der Waals surface area (Å²) in [5.74, 6) is 2.80. The molecule has 3 atom stereocenters. The molecular formula is C28H28N2O3. The number of para-hydroxylation sites is 1. The minimum atomic E-state index is 0.285. The second kappa shape index (κ2) is 9.02. The van der Waals surface area contributed by atoms with Crippen molar-refractivity contribution in [2.45, 2.75) is 18.4 Å². The first-order valence-electron chi connectivity index (χ1n) is 11.2. The fourth-order valence-electron chi connectivity index (χ4n) is 4.97. The van der Waals surface area contributed by atoms with E-state index in [0.29, 0.717) is 29.1 Å². The highest BCUT2D eigenvalue weighted by Crippen LogP contribution is 2.49. The normalized spacial score (nSPS) is 20.8. The molecule has 5 heteroatoms. The summed E-state index contributed by atoms with van der Waals surface area (Å²) in [7, 11) is 4.82. The molecule has 0 amide bonds. The smallest absolute Gasteiger partial charge is 0.203 e. The molecule has 3 aromatic carbocycles. The molecule has 0 saturated carbocycles. The third-order valence-electron chi connectivity index (χ3n) is 6.57. The first-order chi connectivity index (χ1) is 16.2. The highest BCUT2D eigenvalue weighted by atomic mass is 16.5. The summed E-state index contributed by atoms with van der Waals surface area (Å²) in [6.07, 6.45) is 7.60. The predicted octanol–water partition coefficient (Wildman–Crippen LogP) is 6.29. The van der Waals surface area contributed by atoms with Gasteiger partial charge in [-0.25, -0.2) is 0 Å². The van der Waals surface area contributed by atoms with Crippen LogP contribution < -0.4 is 19.5 Å². The summed E-state index contributed by atoms with van der Waals surface area (Å²) in [6, 6.07) is 21.2. The Hall–Kier alpha value is -3.73. The van der Waals surface area contributed by atoms with Gasteiger partial charge < -0.3 is 19.5 Å². The van der Waals surface area contributed by atoms with Gasteiger partial charge in [0.15, 0.2) is 11.5 Å². The number of benzene rings is 3. The van der Waals surface area contributed by atoms with Gasteiger partial charge in [0.25, 0.3) is 0 Å². The Morgan fingerprint density at radius 3 is 2.33 bits per heavy atom. The fraction of sp³-hybridized carbons (Fsp3) is 0.250. The molecule has 5 rings (SSSR count). The predicted molar refractivity (Wildman–Crippen MR) is 133 cm³/mol. The van der Waals surface area contributed by atoms with Crippen molar-refractivity contribution in [2.75, 3.05) is 26.6 Å². The van der Waals surface area contributed by atoms with Gasteiger partial charge in [-0.1, -0.05) is 42.5 Å². The lowest BCUT2D eigenvalue weighted by Crippen LogP contribution is -2.28. The van der Waals surface area contributed by atoms with Crippen LogP contribution in [0.4, 0.5) is 11.4 Å². The Kier molecular flexibility index (Phi) is 5.78. The Labute approximate surface area is 194 Å². The first kappa shape index (κ1) is 21.1. The van der Waals surface area contributed by atoms with E-state index < -0.39 is 0 Å². The van der Waals surface area contributed by atoms with Crippen molar-refractivity contribution in [1.82, 2.24) is 0 Å². The molecule has 0 aromatic heterocycles. The van der Waals surface area contributed by atoms with Crippen LogP contribution in [0.15, 0.2) is 77.8 Å². The van der Waals surface area contributed by atoms with Crippen molar-refractivity contribution < 1.29 is 14.2 Å². The molecule has 1 aliphatic heterocycles. The lowest BCUT2D eigenvalue weighted by Gasteiger charge is -2.37. The number of aliphatic imine (C=N–C) groups is 1. The average molecular weight is 441 g/mol. The Morgan fingerprint density at radius 2 is 1.64 bits per heavy atom. The monoisotopic (exact) mass is 440 g/mol. The molecular weight excluding hydrogens is 412 g/mol. The maximum atomic E-state index is 5.43. The zero-order valence-electron chi connectivity index (χ0n) is 19.1. The molecule has 2 aliphatic rings. The highest BCUT2D eigenvalue weighted by Gasteiger charge is 2.37. The third kappa shape index (κ3) is 3.95. The molecule has 0 bridgehead atoms. The number of ether oxygens (including phenoxy) is 3. The fourth-order valence-corrected chi connectivity index (χ4v) is 4.97. The minimum Gasteiger partial charge on any atom is -0.493 e. The van der Waals surface area contributed by atoms with E-state index in [1.54, 1.807) is 21.3 Å². The zero-order valence-corrected chi connectivity index (χ0v) is 19.1. The minimum absolute atomic E-state index is 0.285. The van der Waals surface area contributed by atoms with E-state index in [-0.39, 0.29) is 6.04 Å². The molecule has 0 radical (unpaired) electrons. The van der Waals surface area contributed by atoms with Gasteiger partial charge in [-0.15, -0.1) is 0 Å². The zero-order chi connectivity index (χ0) is 22.8. The number of methoxy groups -OCH3 is 3. The molecule has 0 spiro atoms. The average Bonchev–Trinajstić information content (AvgIpc) is 3.37. The molecule has 0 unspecified atom stereocenters. The van der Waals surface area contributed by atoms with Gasteiger partial charge in [0.05, 0.1) is 33.1 Å². The van der Waals surface area contributed by atoms with Crippen LogP contribution in [0.25, 0.3) is 0 Å². The number of nitrogens with zero attached hydrogens (tertiary/aromatic N) is 1. The summed E-state index contributed by atoms with van der Waals surface area (Å²) < 4.78 is 16.3. The van der Waals surface area contributed by atoms with Gasteiger partial charge in [-0.2, -0.15) is 0 Å². The van der Waals surface area contributed by atoms with Crippen molar-refractivity contribution in [3.8, 4) is 17.2 Å². The molecule has 0 fully saturated rings. The number of rotatable bonds is 6. The lowest BCUT2D eigenvalue weighted by atomic mass is 9.77. The van der Waals surface area contributed by atoms with Gasteiger partial charge in [0, 0.05) is 23.4 Å².